The van der Waals surface area contributed by atoms with Crippen LogP contribution in [-0.2, 0) is 5.60 Å². The zero-order chi connectivity index (χ0) is 15.2. The fourth-order valence-corrected chi connectivity index (χ4v) is 4.17. The minimum atomic E-state index is -0.666. The molecule has 1 N–H and O–H groups in total. The van der Waals surface area contributed by atoms with Gasteiger partial charge in [0.25, 0.3) is 0 Å². The number of aliphatic hydroxyl groups is 1. The van der Waals surface area contributed by atoms with Crippen LogP contribution in [0.3, 0.4) is 0 Å². The highest BCUT2D eigenvalue weighted by molar-refractivity contribution is 5.59. The number of aromatic nitrogens is 1. The van der Waals surface area contributed by atoms with Gasteiger partial charge in [-0.05, 0) is 50.4 Å². The van der Waals surface area contributed by atoms with Gasteiger partial charge in [0.2, 0.25) is 0 Å². The highest BCUT2D eigenvalue weighted by Gasteiger charge is 2.46. The first kappa shape index (κ1) is 13.9. The molecule has 2 fully saturated rings. The van der Waals surface area contributed by atoms with Gasteiger partial charge in [-0.15, -0.1) is 0 Å². The number of fused-ring (bicyclic) bond motifs is 2. The molecule has 0 spiro atoms. The molecule has 22 heavy (non-hydrogen) atoms. The van der Waals surface area contributed by atoms with E-state index in [1.165, 1.54) is 12.8 Å². The summed E-state index contributed by atoms with van der Waals surface area (Å²) in [5.41, 5.74) is 2.46. The number of rotatable bonds is 2. The fraction of sp³-hybridized carbons (Fsp3) is 0.421. The summed E-state index contributed by atoms with van der Waals surface area (Å²) in [5, 5.41) is 11.2. The molecule has 2 unspecified atom stereocenters. The average molecular weight is 294 g/mol. The second-order valence-corrected chi connectivity index (χ2v) is 6.78. The molecule has 1 aromatic heterocycles. The molecule has 0 saturated carbocycles. The van der Waals surface area contributed by atoms with Crippen LogP contribution in [0.4, 0.5) is 0 Å². The Bertz CT molecular complexity index is 639. The molecule has 2 atom stereocenters. The molecule has 3 heterocycles. The Morgan fingerprint density at radius 2 is 1.73 bits per heavy atom. The normalized spacial score (nSPS) is 31.4. The molecule has 1 aromatic carbocycles. The number of pyridine rings is 1. The number of hydrogen-bond acceptors (Lipinski definition) is 3. The number of piperidine rings is 1. The van der Waals surface area contributed by atoms with Crippen molar-refractivity contribution in [3.63, 3.8) is 0 Å². The highest BCUT2D eigenvalue weighted by atomic mass is 16.3. The molecule has 2 aromatic rings. The maximum Gasteiger partial charge on any atom is 0.0926 e. The van der Waals surface area contributed by atoms with Gasteiger partial charge in [-0.3, -0.25) is 4.98 Å². The highest BCUT2D eigenvalue weighted by Crippen LogP contribution is 2.45. The maximum atomic E-state index is 11.2. The van der Waals surface area contributed by atoms with Crippen molar-refractivity contribution >= 4 is 0 Å². The molecule has 2 bridgehead atoms. The van der Waals surface area contributed by atoms with Gasteiger partial charge in [0.1, 0.15) is 0 Å². The van der Waals surface area contributed by atoms with Gasteiger partial charge in [-0.2, -0.15) is 0 Å². The van der Waals surface area contributed by atoms with E-state index < -0.39 is 5.60 Å². The van der Waals surface area contributed by atoms with Gasteiger partial charge in [0.05, 0.1) is 11.3 Å². The van der Waals surface area contributed by atoms with Gasteiger partial charge in [-0.25, -0.2) is 0 Å². The van der Waals surface area contributed by atoms with Crippen LogP contribution in [0.25, 0.3) is 11.3 Å². The number of nitrogens with zero attached hydrogens (tertiary/aromatic N) is 2. The van der Waals surface area contributed by atoms with Crippen molar-refractivity contribution in [1.82, 2.24) is 9.88 Å². The summed E-state index contributed by atoms with van der Waals surface area (Å²) in [6.07, 6.45) is 5.95. The Hall–Kier alpha value is -1.71. The third-order valence-corrected chi connectivity index (χ3v) is 5.51. The lowest BCUT2D eigenvalue weighted by Gasteiger charge is -2.42. The van der Waals surface area contributed by atoms with Crippen LogP contribution >= 0.6 is 0 Å². The van der Waals surface area contributed by atoms with Crippen LogP contribution in [0.2, 0.25) is 0 Å². The molecule has 114 valence electrons. The smallest absolute Gasteiger partial charge is 0.0926 e. The lowest BCUT2D eigenvalue weighted by molar-refractivity contribution is -0.0493. The van der Waals surface area contributed by atoms with Crippen molar-refractivity contribution in [3.05, 3.63) is 54.2 Å². The van der Waals surface area contributed by atoms with Gasteiger partial charge >= 0.3 is 0 Å². The minimum Gasteiger partial charge on any atom is -0.385 e. The zero-order valence-electron chi connectivity index (χ0n) is 12.9. The van der Waals surface area contributed by atoms with E-state index in [9.17, 15) is 5.11 Å². The second kappa shape index (κ2) is 5.18. The van der Waals surface area contributed by atoms with Crippen molar-refractivity contribution in [3.8, 4) is 11.3 Å². The molecule has 2 saturated heterocycles. The molecule has 0 amide bonds. The standard InChI is InChI=1S/C19H22N2O/c1-21-16-9-10-17(21)13-19(22,12-16)15-7-5-14(6-8-15)18-4-2-3-11-20-18/h2-8,11,16-17,22H,9-10,12-13H2,1H3. The largest absolute Gasteiger partial charge is 0.385 e. The van der Waals surface area contributed by atoms with E-state index in [0.29, 0.717) is 12.1 Å². The van der Waals surface area contributed by atoms with Gasteiger partial charge in [0.15, 0.2) is 0 Å². The molecule has 2 aliphatic heterocycles. The van der Waals surface area contributed by atoms with Crippen LogP contribution in [0.5, 0.6) is 0 Å². The van der Waals surface area contributed by atoms with E-state index in [-0.39, 0.29) is 0 Å². The Kier molecular flexibility index (Phi) is 3.28. The topological polar surface area (TPSA) is 36.4 Å². The molecule has 2 aliphatic rings. The lowest BCUT2D eigenvalue weighted by atomic mass is 9.80. The predicted octanol–water partition coefficient (Wildman–Crippen LogP) is 3.19. The fourth-order valence-electron chi connectivity index (χ4n) is 4.17. The number of benzene rings is 1. The van der Waals surface area contributed by atoms with E-state index in [0.717, 1.165) is 29.7 Å². The summed E-state index contributed by atoms with van der Waals surface area (Å²) < 4.78 is 0. The van der Waals surface area contributed by atoms with Crippen molar-refractivity contribution in [2.45, 2.75) is 43.4 Å². The summed E-state index contributed by atoms with van der Waals surface area (Å²) in [5.74, 6) is 0. The Labute approximate surface area is 131 Å². The SMILES string of the molecule is CN1C2CCC1CC(O)(c1ccc(-c3ccccn3)cc1)C2. The first-order chi connectivity index (χ1) is 10.7. The summed E-state index contributed by atoms with van der Waals surface area (Å²) in [6, 6.07) is 15.3. The van der Waals surface area contributed by atoms with E-state index in [1.54, 1.807) is 0 Å². The zero-order valence-corrected chi connectivity index (χ0v) is 12.9. The average Bonchev–Trinajstić information content (AvgIpc) is 2.78. The third-order valence-electron chi connectivity index (χ3n) is 5.51. The molecule has 3 nitrogen and oxygen atoms in total. The first-order valence-corrected chi connectivity index (χ1v) is 8.12. The molecule has 4 rings (SSSR count). The predicted molar refractivity (Wildman–Crippen MR) is 87.4 cm³/mol. The summed E-state index contributed by atoms with van der Waals surface area (Å²) in [7, 11) is 2.20. The van der Waals surface area contributed by atoms with Crippen molar-refractivity contribution in [1.29, 1.82) is 0 Å². The third kappa shape index (κ3) is 2.25. The molecule has 0 aliphatic carbocycles. The van der Waals surface area contributed by atoms with E-state index >= 15 is 0 Å². The quantitative estimate of drug-likeness (QED) is 0.924. The van der Waals surface area contributed by atoms with Crippen LogP contribution in [-0.4, -0.2) is 34.1 Å². The summed E-state index contributed by atoms with van der Waals surface area (Å²) >= 11 is 0. The Morgan fingerprint density at radius 1 is 1.05 bits per heavy atom. The van der Waals surface area contributed by atoms with Crippen LogP contribution in [0.15, 0.2) is 48.7 Å². The monoisotopic (exact) mass is 294 g/mol. The van der Waals surface area contributed by atoms with Gasteiger partial charge in [0, 0.05) is 23.8 Å². The Morgan fingerprint density at radius 3 is 2.32 bits per heavy atom. The lowest BCUT2D eigenvalue weighted by Crippen LogP contribution is -2.47. The van der Waals surface area contributed by atoms with E-state index in [2.05, 4.69) is 41.2 Å². The van der Waals surface area contributed by atoms with Crippen molar-refractivity contribution < 1.29 is 5.11 Å². The Balaban J connectivity index is 1.61. The van der Waals surface area contributed by atoms with Crippen LogP contribution < -0.4 is 0 Å². The molecular weight excluding hydrogens is 272 g/mol. The molecular formula is C19H22N2O. The van der Waals surface area contributed by atoms with E-state index in [4.69, 9.17) is 0 Å². The number of hydrogen-bond donors (Lipinski definition) is 1. The van der Waals surface area contributed by atoms with Crippen molar-refractivity contribution in [2.24, 2.45) is 0 Å². The summed E-state index contributed by atoms with van der Waals surface area (Å²) in [4.78, 5) is 6.84. The first-order valence-electron chi connectivity index (χ1n) is 8.12. The maximum absolute atomic E-state index is 11.2. The minimum absolute atomic E-state index is 0.527. The second-order valence-electron chi connectivity index (χ2n) is 6.78. The van der Waals surface area contributed by atoms with Gasteiger partial charge in [-0.1, -0.05) is 30.3 Å². The molecule has 0 radical (unpaired) electrons. The van der Waals surface area contributed by atoms with E-state index in [1.807, 2.05) is 24.4 Å². The molecule has 3 heteroatoms. The van der Waals surface area contributed by atoms with Crippen LogP contribution in [0.1, 0.15) is 31.2 Å². The summed E-state index contributed by atoms with van der Waals surface area (Å²) in [6.45, 7) is 0. The van der Waals surface area contributed by atoms with Crippen molar-refractivity contribution in [2.75, 3.05) is 7.05 Å². The van der Waals surface area contributed by atoms with Crippen LogP contribution in [0, 0.1) is 0 Å². The van der Waals surface area contributed by atoms with Gasteiger partial charge < -0.3 is 10.0 Å².